The number of halogens is 1. The fourth-order valence-electron chi connectivity index (χ4n) is 1.57. The first kappa shape index (κ1) is 15.2. The van der Waals surface area contributed by atoms with E-state index in [9.17, 15) is 13.2 Å². The summed E-state index contributed by atoms with van der Waals surface area (Å²) < 4.78 is 23.6. The van der Waals surface area contributed by atoms with Crippen molar-refractivity contribution in [2.45, 2.75) is 31.9 Å². The minimum Gasteiger partial charge on any atom is -0.300 e. The van der Waals surface area contributed by atoms with E-state index in [0.717, 1.165) is 5.56 Å². The molecule has 0 spiro atoms. The van der Waals surface area contributed by atoms with Crippen molar-refractivity contribution in [1.82, 2.24) is 0 Å². The van der Waals surface area contributed by atoms with Crippen molar-refractivity contribution in [3.63, 3.8) is 0 Å². The van der Waals surface area contributed by atoms with Crippen LogP contribution in [0.5, 0.6) is 0 Å². The van der Waals surface area contributed by atoms with Crippen LogP contribution in [0.1, 0.15) is 31.7 Å². The third-order valence-electron chi connectivity index (χ3n) is 2.61. The van der Waals surface area contributed by atoms with Crippen molar-refractivity contribution in [3.05, 3.63) is 34.9 Å². The number of carbonyl (C=O) groups is 1. The van der Waals surface area contributed by atoms with Gasteiger partial charge < -0.3 is 0 Å². The Balaban J connectivity index is 2.49. The first-order chi connectivity index (χ1) is 8.43. The average Bonchev–Trinajstić information content (AvgIpc) is 2.31. The Kier molecular flexibility index (Phi) is 5.82. The van der Waals surface area contributed by atoms with Gasteiger partial charge in [-0.1, -0.05) is 30.7 Å². The largest absolute Gasteiger partial charge is 0.300 e. The van der Waals surface area contributed by atoms with Gasteiger partial charge in [-0.2, -0.15) is 0 Å². The van der Waals surface area contributed by atoms with Crippen molar-refractivity contribution in [3.8, 4) is 0 Å². The molecule has 0 amide bonds. The first-order valence-electron chi connectivity index (χ1n) is 5.89. The highest BCUT2D eigenvalue weighted by atomic mass is 35.5. The summed E-state index contributed by atoms with van der Waals surface area (Å²) in [6, 6.07) is 6.76. The van der Waals surface area contributed by atoms with Crippen LogP contribution in [0, 0.1) is 0 Å². The number of carbonyl (C=O) groups excluding carboxylic acids is 1. The quantitative estimate of drug-likeness (QED) is 0.775. The summed E-state index contributed by atoms with van der Waals surface area (Å²) in [6.45, 7) is 1.78. The highest BCUT2D eigenvalue weighted by molar-refractivity contribution is 7.90. The molecule has 0 aliphatic carbocycles. The molecule has 0 aliphatic rings. The second-order valence-electron chi connectivity index (χ2n) is 4.21. The Bertz CT molecular complexity index is 491. The second-order valence-corrected chi connectivity index (χ2v) is 6.83. The van der Waals surface area contributed by atoms with Crippen LogP contribution in [0.4, 0.5) is 0 Å². The maximum atomic E-state index is 11.8. The second kappa shape index (κ2) is 6.90. The molecule has 3 nitrogen and oxygen atoms in total. The van der Waals surface area contributed by atoms with Crippen LogP contribution in [0.15, 0.2) is 24.3 Å². The van der Waals surface area contributed by atoms with Gasteiger partial charge in [-0.05, 0) is 24.1 Å². The van der Waals surface area contributed by atoms with E-state index in [1.54, 1.807) is 31.2 Å². The lowest BCUT2D eigenvalue weighted by Gasteiger charge is -2.04. The zero-order chi connectivity index (χ0) is 13.6. The monoisotopic (exact) mass is 288 g/mol. The molecule has 0 aliphatic heterocycles. The summed E-state index contributed by atoms with van der Waals surface area (Å²) in [5, 5.41) is 0.588. The standard InChI is InChI=1S/C13H17ClO3S/c1-2-13(15)4-3-9-18(16,17)10-11-5-7-12(14)8-6-11/h5-8H,2-4,9-10H2,1H3. The summed E-state index contributed by atoms with van der Waals surface area (Å²) in [6.07, 6.45) is 1.22. The number of rotatable bonds is 7. The number of Topliss-reactive ketones (excluding diaryl/α,β-unsaturated/α-hetero) is 1. The molecule has 5 heteroatoms. The van der Waals surface area contributed by atoms with Gasteiger partial charge in [-0.25, -0.2) is 8.42 Å². The van der Waals surface area contributed by atoms with Crippen LogP contribution < -0.4 is 0 Å². The van der Waals surface area contributed by atoms with Crippen LogP contribution >= 0.6 is 11.6 Å². The molecule has 0 radical (unpaired) electrons. The third kappa shape index (κ3) is 5.65. The number of ketones is 1. The summed E-state index contributed by atoms with van der Waals surface area (Å²) in [7, 11) is -3.15. The van der Waals surface area contributed by atoms with E-state index >= 15 is 0 Å². The van der Waals surface area contributed by atoms with Crippen LogP contribution in [-0.4, -0.2) is 20.0 Å². The minimum atomic E-state index is -3.15. The zero-order valence-electron chi connectivity index (χ0n) is 10.4. The fraction of sp³-hybridized carbons (Fsp3) is 0.462. The lowest BCUT2D eigenvalue weighted by atomic mass is 10.2. The average molecular weight is 289 g/mol. The predicted molar refractivity (Wildman–Crippen MR) is 73.5 cm³/mol. The first-order valence-corrected chi connectivity index (χ1v) is 8.09. The van der Waals surface area contributed by atoms with Gasteiger partial charge in [0.2, 0.25) is 0 Å². The highest BCUT2D eigenvalue weighted by Gasteiger charge is 2.12. The van der Waals surface area contributed by atoms with E-state index in [-0.39, 0.29) is 17.3 Å². The molecule has 0 aromatic heterocycles. The predicted octanol–water partition coefficient (Wildman–Crippen LogP) is 3.01. The topological polar surface area (TPSA) is 51.2 Å². The van der Waals surface area contributed by atoms with Gasteiger partial charge in [0, 0.05) is 17.9 Å². The smallest absolute Gasteiger partial charge is 0.154 e. The number of benzene rings is 1. The molecule has 1 rings (SSSR count). The van der Waals surface area contributed by atoms with E-state index in [4.69, 9.17) is 11.6 Å². The van der Waals surface area contributed by atoms with Gasteiger partial charge in [0.25, 0.3) is 0 Å². The van der Waals surface area contributed by atoms with Crippen molar-refractivity contribution >= 4 is 27.2 Å². The van der Waals surface area contributed by atoms with Crippen molar-refractivity contribution in [2.75, 3.05) is 5.75 Å². The summed E-state index contributed by atoms with van der Waals surface area (Å²) in [5.74, 6) is 0.169. The molecule has 1 aromatic rings. The fourth-order valence-corrected chi connectivity index (χ4v) is 3.13. The highest BCUT2D eigenvalue weighted by Crippen LogP contribution is 2.13. The van der Waals surface area contributed by atoms with Crippen molar-refractivity contribution < 1.29 is 13.2 Å². The van der Waals surface area contributed by atoms with E-state index in [2.05, 4.69) is 0 Å². The zero-order valence-corrected chi connectivity index (χ0v) is 11.9. The number of sulfone groups is 1. The molecule has 1 aromatic carbocycles. The van der Waals surface area contributed by atoms with Gasteiger partial charge in [-0.3, -0.25) is 4.79 Å². The Labute approximate surface area is 113 Å². The molecule has 0 atom stereocenters. The van der Waals surface area contributed by atoms with Gasteiger partial charge >= 0.3 is 0 Å². The Hall–Kier alpha value is -0.870. The van der Waals surface area contributed by atoms with E-state index in [1.807, 2.05) is 0 Å². The third-order valence-corrected chi connectivity index (χ3v) is 4.54. The van der Waals surface area contributed by atoms with Crippen molar-refractivity contribution in [1.29, 1.82) is 0 Å². The molecule has 0 fully saturated rings. The van der Waals surface area contributed by atoms with Crippen molar-refractivity contribution in [2.24, 2.45) is 0 Å². The maximum Gasteiger partial charge on any atom is 0.154 e. The van der Waals surface area contributed by atoms with Gasteiger partial charge in [0.05, 0.1) is 11.5 Å². The minimum absolute atomic E-state index is 0.00445. The molecule has 18 heavy (non-hydrogen) atoms. The molecule has 0 heterocycles. The van der Waals surface area contributed by atoms with Gasteiger partial charge in [-0.15, -0.1) is 0 Å². The number of hydrogen-bond donors (Lipinski definition) is 0. The maximum absolute atomic E-state index is 11.8. The van der Waals surface area contributed by atoms with Crippen LogP contribution in [0.25, 0.3) is 0 Å². The molecular formula is C13H17ClO3S. The molecule has 0 saturated carbocycles. The van der Waals surface area contributed by atoms with Gasteiger partial charge in [0.1, 0.15) is 5.78 Å². The molecule has 0 N–H and O–H groups in total. The van der Waals surface area contributed by atoms with Crippen LogP contribution in [0.2, 0.25) is 5.02 Å². The normalized spacial score (nSPS) is 11.4. The lowest BCUT2D eigenvalue weighted by molar-refractivity contribution is -0.118. The molecule has 0 bridgehead atoms. The van der Waals surface area contributed by atoms with E-state index in [1.165, 1.54) is 0 Å². The lowest BCUT2D eigenvalue weighted by Crippen LogP contribution is -2.10. The van der Waals surface area contributed by atoms with Gasteiger partial charge in [0.15, 0.2) is 9.84 Å². The molecular weight excluding hydrogens is 272 g/mol. The summed E-state index contributed by atoms with van der Waals surface area (Å²) >= 11 is 5.73. The Morgan fingerprint density at radius 3 is 2.39 bits per heavy atom. The van der Waals surface area contributed by atoms with Crippen LogP contribution in [0.3, 0.4) is 0 Å². The SMILES string of the molecule is CCC(=O)CCCS(=O)(=O)Cc1ccc(Cl)cc1. The van der Waals surface area contributed by atoms with E-state index in [0.29, 0.717) is 24.3 Å². The number of hydrogen-bond acceptors (Lipinski definition) is 3. The molecule has 0 saturated heterocycles. The molecule has 100 valence electrons. The summed E-state index contributed by atoms with van der Waals surface area (Å²) in [5.41, 5.74) is 0.723. The van der Waals surface area contributed by atoms with E-state index < -0.39 is 9.84 Å². The Morgan fingerprint density at radius 2 is 1.83 bits per heavy atom. The summed E-state index contributed by atoms with van der Waals surface area (Å²) in [4.78, 5) is 11.1. The Morgan fingerprint density at radius 1 is 1.22 bits per heavy atom. The van der Waals surface area contributed by atoms with Crippen LogP contribution in [-0.2, 0) is 20.4 Å². The molecule has 0 unspecified atom stereocenters.